The zero-order valence-electron chi connectivity index (χ0n) is 11.0. The van der Waals surface area contributed by atoms with Crippen LogP contribution in [-0.2, 0) is 4.79 Å². The molecule has 1 heterocycles. The summed E-state index contributed by atoms with van der Waals surface area (Å²) in [6.07, 6.45) is -1.41. The molecule has 0 atom stereocenters. The number of hydrogen-bond acceptors (Lipinski definition) is 4. The maximum Gasteiger partial charge on any atom is 0.414 e. The second kappa shape index (κ2) is 6.51. The summed E-state index contributed by atoms with van der Waals surface area (Å²) >= 11 is 17.0. The number of carboxylic acid groups (broad SMARTS) is 1. The fourth-order valence-electron chi connectivity index (χ4n) is 1.90. The van der Waals surface area contributed by atoms with Gasteiger partial charge in [-0.15, -0.1) is 0 Å². The molecule has 2 rings (SSSR count). The number of hydrogen-bond donors (Lipinski definition) is 3. The third-order valence-electron chi connectivity index (χ3n) is 2.98. The van der Waals surface area contributed by atoms with E-state index in [0.717, 1.165) is 0 Å². The Kier molecular flexibility index (Phi) is 4.90. The van der Waals surface area contributed by atoms with E-state index in [1.54, 1.807) is 18.2 Å². The van der Waals surface area contributed by atoms with E-state index in [2.05, 4.69) is 5.32 Å². The molecule has 0 fully saturated rings. The molecule has 1 aliphatic heterocycles. The average Bonchev–Trinajstić information content (AvgIpc) is 2.43. The van der Waals surface area contributed by atoms with Gasteiger partial charge in [0.2, 0.25) is 0 Å². The minimum Gasteiger partial charge on any atom is -0.511 e. The number of benzene rings is 1. The highest BCUT2D eigenvalue weighted by Gasteiger charge is 2.33. The molecule has 116 valence electrons. The van der Waals surface area contributed by atoms with Gasteiger partial charge in [0.05, 0.1) is 15.7 Å². The largest absolute Gasteiger partial charge is 0.511 e. The number of aliphatic hydroxyl groups is 1. The number of carbonyl (C=O) groups excluding carboxylic acids is 1. The Morgan fingerprint density at radius 2 is 2.05 bits per heavy atom. The Balaban J connectivity index is 2.30. The minimum atomic E-state index is -1.40. The number of nitrogens with zero attached hydrogens (tertiary/aromatic N) is 1. The Morgan fingerprint density at radius 1 is 1.36 bits per heavy atom. The second-order valence-electron chi connectivity index (χ2n) is 4.37. The fourth-order valence-corrected chi connectivity index (χ4v) is 2.56. The molecule has 6 nitrogen and oxygen atoms in total. The van der Waals surface area contributed by atoms with E-state index >= 15 is 0 Å². The Morgan fingerprint density at radius 3 is 2.68 bits per heavy atom. The summed E-state index contributed by atoms with van der Waals surface area (Å²) < 4.78 is 0. The second-order valence-corrected chi connectivity index (χ2v) is 5.56. The van der Waals surface area contributed by atoms with Crippen LogP contribution in [0.5, 0.6) is 0 Å². The van der Waals surface area contributed by atoms with Crippen molar-refractivity contribution in [3.8, 4) is 0 Å². The van der Waals surface area contributed by atoms with Crippen molar-refractivity contribution >= 4 is 58.1 Å². The van der Waals surface area contributed by atoms with Gasteiger partial charge in [-0.2, -0.15) is 0 Å². The molecule has 0 aromatic heterocycles. The zero-order chi connectivity index (χ0) is 16.4. The normalized spacial score (nSPS) is 15.0. The maximum absolute atomic E-state index is 12.1. The molecule has 0 spiro atoms. The summed E-state index contributed by atoms with van der Waals surface area (Å²) in [6.45, 7) is -0.121. The molecule has 0 aliphatic carbocycles. The highest BCUT2D eigenvalue weighted by Crippen LogP contribution is 2.30. The van der Waals surface area contributed by atoms with Crippen LogP contribution >= 0.6 is 35.4 Å². The first-order chi connectivity index (χ1) is 10.3. The first-order valence-electron chi connectivity index (χ1n) is 6.05. The molecular formula is C13H10Cl2N2O4S. The van der Waals surface area contributed by atoms with Crippen LogP contribution in [0.3, 0.4) is 0 Å². The lowest BCUT2D eigenvalue weighted by molar-refractivity contribution is -0.125. The average molecular weight is 361 g/mol. The summed E-state index contributed by atoms with van der Waals surface area (Å²) in [5, 5.41) is 22.0. The van der Waals surface area contributed by atoms with Crippen molar-refractivity contribution in [2.45, 2.75) is 6.42 Å². The number of anilines is 1. The van der Waals surface area contributed by atoms with E-state index < -0.39 is 12.0 Å². The molecule has 9 heteroatoms. The highest BCUT2D eigenvalue weighted by atomic mass is 35.5. The molecular weight excluding hydrogens is 351 g/mol. The number of thiocarbonyl (C=S) groups is 1. The number of amides is 2. The molecule has 0 bridgehead atoms. The Bertz CT molecular complexity index is 705. The molecule has 0 unspecified atom stereocenters. The van der Waals surface area contributed by atoms with Crippen molar-refractivity contribution in [3.05, 3.63) is 39.6 Å². The van der Waals surface area contributed by atoms with Crippen molar-refractivity contribution < 1.29 is 19.8 Å². The van der Waals surface area contributed by atoms with Crippen molar-refractivity contribution in [1.29, 1.82) is 0 Å². The number of nitrogens with one attached hydrogen (secondary N) is 1. The van der Waals surface area contributed by atoms with E-state index in [1.165, 1.54) is 0 Å². The van der Waals surface area contributed by atoms with E-state index in [0.29, 0.717) is 10.6 Å². The van der Waals surface area contributed by atoms with Crippen LogP contribution in [0, 0.1) is 0 Å². The van der Waals surface area contributed by atoms with E-state index in [1.807, 2.05) is 0 Å². The van der Waals surface area contributed by atoms with Crippen LogP contribution < -0.4 is 5.32 Å². The standard InChI is InChI=1S/C13H10Cl2N2O4S/c14-6-2-1-3-7(10(6)15)16-11(22)9-8(18)4-5-17(12(9)19)13(20)21/h1-3,18H,4-5H2,(H,16,22)(H,20,21). The van der Waals surface area contributed by atoms with Crippen molar-refractivity contribution in [2.24, 2.45) is 0 Å². The third-order valence-corrected chi connectivity index (χ3v) is 4.10. The van der Waals surface area contributed by atoms with Crippen LogP contribution in [-0.4, -0.2) is 38.6 Å². The van der Waals surface area contributed by atoms with E-state index in [9.17, 15) is 14.7 Å². The van der Waals surface area contributed by atoms with E-state index in [4.69, 9.17) is 40.5 Å². The molecule has 0 radical (unpaired) electrons. The maximum atomic E-state index is 12.1. The lowest BCUT2D eigenvalue weighted by Gasteiger charge is -2.25. The van der Waals surface area contributed by atoms with Crippen molar-refractivity contribution in [2.75, 3.05) is 11.9 Å². The summed E-state index contributed by atoms with van der Waals surface area (Å²) in [5.41, 5.74) is 0.0828. The number of imide groups is 1. The Hall–Kier alpha value is -1.83. The lowest BCUT2D eigenvalue weighted by atomic mass is 10.1. The van der Waals surface area contributed by atoms with Crippen LogP contribution in [0.25, 0.3) is 0 Å². The van der Waals surface area contributed by atoms with Gasteiger partial charge >= 0.3 is 6.09 Å². The quantitative estimate of drug-likeness (QED) is 0.699. The monoisotopic (exact) mass is 360 g/mol. The van der Waals surface area contributed by atoms with Crippen molar-refractivity contribution in [3.63, 3.8) is 0 Å². The summed E-state index contributed by atoms with van der Waals surface area (Å²) in [5.74, 6) is -1.15. The van der Waals surface area contributed by atoms with Crippen LogP contribution in [0.2, 0.25) is 10.0 Å². The van der Waals surface area contributed by atoms with Gasteiger partial charge in [-0.05, 0) is 12.1 Å². The van der Waals surface area contributed by atoms with Gasteiger partial charge in [-0.1, -0.05) is 41.5 Å². The van der Waals surface area contributed by atoms with Gasteiger partial charge in [0.25, 0.3) is 5.91 Å². The van der Waals surface area contributed by atoms with Crippen molar-refractivity contribution in [1.82, 2.24) is 4.90 Å². The zero-order valence-corrected chi connectivity index (χ0v) is 13.3. The summed E-state index contributed by atoms with van der Waals surface area (Å²) in [4.78, 5) is 23.6. The SMILES string of the molecule is O=C(O)N1CCC(O)=C(C(=S)Nc2cccc(Cl)c2Cl)C1=O. The molecule has 0 saturated carbocycles. The van der Waals surface area contributed by atoms with Crippen LogP contribution in [0.4, 0.5) is 10.5 Å². The molecule has 2 amide bonds. The van der Waals surface area contributed by atoms with Gasteiger partial charge in [-0.3, -0.25) is 4.79 Å². The van der Waals surface area contributed by atoms with E-state index in [-0.39, 0.29) is 39.3 Å². The Labute approximate surface area is 140 Å². The minimum absolute atomic E-state index is 0.00152. The van der Waals surface area contributed by atoms with Gasteiger partial charge in [0.15, 0.2) is 0 Å². The van der Waals surface area contributed by atoms with Crippen LogP contribution in [0.15, 0.2) is 29.5 Å². The lowest BCUT2D eigenvalue weighted by Crippen LogP contribution is -2.43. The molecule has 1 aromatic rings. The summed E-state index contributed by atoms with van der Waals surface area (Å²) in [7, 11) is 0. The number of halogens is 2. The van der Waals surface area contributed by atoms with Gasteiger partial charge in [0.1, 0.15) is 16.3 Å². The fraction of sp³-hybridized carbons (Fsp3) is 0.154. The third kappa shape index (κ3) is 3.16. The first-order valence-corrected chi connectivity index (χ1v) is 7.21. The van der Waals surface area contributed by atoms with Gasteiger partial charge < -0.3 is 15.5 Å². The first kappa shape index (κ1) is 16.5. The number of carbonyl (C=O) groups is 2. The predicted molar refractivity (Wildman–Crippen MR) is 86.7 cm³/mol. The molecule has 0 saturated heterocycles. The molecule has 3 N–H and O–H groups in total. The summed E-state index contributed by atoms with van der Waals surface area (Å²) in [6, 6.07) is 4.78. The topological polar surface area (TPSA) is 89.9 Å². The number of rotatable bonds is 2. The number of aliphatic hydroxyl groups excluding tert-OH is 1. The molecule has 22 heavy (non-hydrogen) atoms. The molecule has 1 aromatic carbocycles. The smallest absolute Gasteiger partial charge is 0.414 e. The predicted octanol–water partition coefficient (Wildman–Crippen LogP) is 3.46. The van der Waals surface area contributed by atoms with Gasteiger partial charge in [-0.25, -0.2) is 9.69 Å². The highest BCUT2D eigenvalue weighted by molar-refractivity contribution is 7.81. The van der Waals surface area contributed by atoms with Crippen LogP contribution in [0.1, 0.15) is 6.42 Å². The van der Waals surface area contributed by atoms with Gasteiger partial charge in [0, 0.05) is 13.0 Å². The molecule has 1 aliphatic rings.